The topological polar surface area (TPSA) is 20.3 Å². The average molecular weight is 245 g/mol. The van der Waals surface area contributed by atoms with Crippen LogP contribution in [0.4, 0.5) is 0 Å². The van der Waals surface area contributed by atoms with Gasteiger partial charge in [-0.2, -0.15) is 0 Å². The highest BCUT2D eigenvalue weighted by atomic mass is 16.1. The molecular formula is C16H23NO. The molecule has 0 fully saturated rings. The number of hydrogen-bond donors (Lipinski definition) is 0. The molecule has 0 unspecified atom stereocenters. The van der Waals surface area contributed by atoms with E-state index in [-0.39, 0.29) is 11.2 Å². The van der Waals surface area contributed by atoms with Crippen molar-refractivity contribution in [2.75, 3.05) is 14.1 Å². The monoisotopic (exact) mass is 245 g/mol. The first-order chi connectivity index (χ1) is 8.31. The van der Waals surface area contributed by atoms with Crippen LogP contribution in [0, 0.1) is 12.3 Å². The van der Waals surface area contributed by atoms with Crippen LogP contribution in [0.1, 0.15) is 25.0 Å². The van der Waals surface area contributed by atoms with Gasteiger partial charge < -0.3 is 4.90 Å². The Bertz CT molecular complexity index is 427. The van der Waals surface area contributed by atoms with Gasteiger partial charge in [-0.15, -0.1) is 0 Å². The first-order valence-corrected chi connectivity index (χ1v) is 6.26. The van der Waals surface area contributed by atoms with E-state index >= 15 is 0 Å². The first-order valence-electron chi connectivity index (χ1n) is 6.26. The van der Waals surface area contributed by atoms with Gasteiger partial charge in [-0.05, 0) is 25.0 Å². The number of carbonyl (C=O) groups is 1. The molecule has 0 radical (unpaired) electrons. The molecule has 0 atom stereocenters. The minimum Gasteiger partial charge on any atom is -0.383 e. The Hall–Kier alpha value is -1.57. The summed E-state index contributed by atoms with van der Waals surface area (Å²) in [6.07, 6.45) is 4.23. The van der Waals surface area contributed by atoms with Crippen molar-refractivity contribution < 1.29 is 4.79 Å². The van der Waals surface area contributed by atoms with Crippen LogP contribution >= 0.6 is 0 Å². The van der Waals surface area contributed by atoms with Crippen LogP contribution in [0.3, 0.4) is 0 Å². The van der Waals surface area contributed by atoms with E-state index in [0.29, 0.717) is 0 Å². The molecule has 0 spiro atoms. The predicted octanol–water partition coefficient (Wildman–Crippen LogP) is 3.21. The van der Waals surface area contributed by atoms with Crippen molar-refractivity contribution in [1.82, 2.24) is 4.90 Å². The lowest BCUT2D eigenvalue weighted by Crippen LogP contribution is -2.25. The third-order valence-corrected chi connectivity index (χ3v) is 2.96. The maximum atomic E-state index is 12.1. The zero-order chi connectivity index (χ0) is 13.8. The fraction of sp³-hybridized carbons (Fsp3) is 0.438. The molecule has 0 aliphatic heterocycles. The molecule has 0 N–H and O–H groups in total. The van der Waals surface area contributed by atoms with E-state index in [1.54, 1.807) is 12.3 Å². The molecule has 2 heteroatoms. The fourth-order valence-electron chi connectivity index (χ4n) is 1.75. The highest BCUT2D eigenvalue weighted by molar-refractivity contribution is 5.94. The van der Waals surface area contributed by atoms with Crippen LogP contribution < -0.4 is 0 Å². The maximum absolute atomic E-state index is 12.1. The van der Waals surface area contributed by atoms with Crippen molar-refractivity contribution >= 4 is 5.78 Å². The van der Waals surface area contributed by atoms with Gasteiger partial charge in [-0.1, -0.05) is 43.7 Å². The standard InChI is InChI=1S/C16H23NO/c1-13-6-8-14(9-7-13)12-16(2,3)15(18)10-11-17(4)5/h6-11H,12H2,1-5H3/b11-10+. The minimum absolute atomic E-state index is 0.164. The Morgan fingerprint density at radius 3 is 2.28 bits per heavy atom. The van der Waals surface area contributed by atoms with E-state index in [0.717, 1.165) is 6.42 Å². The summed E-state index contributed by atoms with van der Waals surface area (Å²) in [5.41, 5.74) is 2.09. The smallest absolute Gasteiger partial charge is 0.163 e. The Balaban J connectivity index is 2.74. The summed E-state index contributed by atoms with van der Waals surface area (Å²) in [4.78, 5) is 14.0. The molecule has 1 aromatic carbocycles. The highest BCUT2D eigenvalue weighted by Gasteiger charge is 2.25. The summed E-state index contributed by atoms with van der Waals surface area (Å²) in [6.45, 7) is 6.06. The Morgan fingerprint density at radius 2 is 1.78 bits per heavy atom. The van der Waals surface area contributed by atoms with E-state index in [1.807, 2.05) is 32.8 Å². The zero-order valence-corrected chi connectivity index (χ0v) is 12.0. The van der Waals surface area contributed by atoms with Crippen LogP contribution in [0.25, 0.3) is 0 Å². The number of hydrogen-bond acceptors (Lipinski definition) is 2. The van der Waals surface area contributed by atoms with E-state index in [4.69, 9.17) is 0 Å². The maximum Gasteiger partial charge on any atom is 0.163 e. The largest absolute Gasteiger partial charge is 0.383 e. The summed E-state index contributed by atoms with van der Waals surface area (Å²) < 4.78 is 0. The van der Waals surface area contributed by atoms with Crippen molar-refractivity contribution in [1.29, 1.82) is 0 Å². The molecule has 0 saturated carbocycles. The Kier molecular flexibility index (Phi) is 4.71. The molecule has 2 nitrogen and oxygen atoms in total. The van der Waals surface area contributed by atoms with Crippen LogP contribution in [-0.4, -0.2) is 24.8 Å². The molecule has 0 aliphatic carbocycles. The number of nitrogens with zero attached hydrogens (tertiary/aromatic N) is 1. The van der Waals surface area contributed by atoms with Gasteiger partial charge in [-0.3, -0.25) is 4.79 Å². The van der Waals surface area contributed by atoms with E-state index in [9.17, 15) is 4.79 Å². The molecule has 1 aromatic rings. The molecule has 1 rings (SSSR count). The van der Waals surface area contributed by atoms with Crippen molar-refractivity contribution in [2.45, 2.75) is 27.2 Å². The SMILES string of the molecule is Cc1ccc(CC(C)(C)C(=O)/C=C/N(C)C)cc1. The fourth-order valence-corrected chi connectivity index (χ4v) is 1.75. The highest BCUT2D eigenvalue weighted by Crippen LogP contribution is 2.24. The lowest BCUT2D eigenvalue weighted by atomic mass is 9.81. The summed E-state index contributed by atoms with van der Waals surface area (Å²) in [5.74, 6) is 0.164. The van der Waals surface area contributed by atoms with Gasteiger partial charge in [0, 0.05) is 25.7 Å². The average Bonchev–Trinajstić information content (AvgIpc) is 2.28. The summed E-state index contributed by atoms with van der Waals surface area (Å²) in [7, 11) is 3.83. The number of carbonyl (C=O) groups excluding carboxylic acids is 1. The lowest BCUT2D eigenvalue weighted by Gasteiger charge is -2.21. The summed E-state index contributed by atoms with van der Waals surface area (Å²) >= 11 is 0. The number of aryl methyl sites for hydroxylation is 1. The molecule has 0 saturated heterocycles. The second kappa shape index (κ2) is 5.85. The van der Waals surface area contributed by atoms with Gasteiger partial charge in [0.15, 0.2) is 5.78 Å². The minimum atomic E-state index is -0.359. The second-order valence-electron chi connectivity index (χ2n) is 5.69. The third-order valence-electron chi connectivity index (χ3n) is 2.96. The third kappa shape index (κ3) is 4.36. The van der Waals surface area contributed by atoms with Crippen molar-refractivity contribution in [3.05, 3.63) is 47.7 Å². The Labute approximate surface area is 110 Å². The molecule has 0 heterocycles. The van der Waals surface area contributed by atoms with E-state index < -0.39 is 0 Å². The number of rotatable bonds is 5. The van der Waals surface area contributed by atoms with Gasteiger partial charge in [0.25, 0.3) is 0 Å². The van der Waals surface area contributed by atoms with Gasteiger partial charge >= 0.3 is 0 Å². The van der Waals surface area contributed by atoms with Crippen molar-refractivity contribution in [3.8, 4) is 0 Å². The number of benzene rings is 1. The van der Waals surface area contributed by atoms with E-state index in [1.165, 1.54) is 11.1 Å². The zero-order valence-electron chi connectivity index (χ0n) is 12.0. The number of ketones is 1. The molecular weight excluding hydrogens is 222 g/mol. The van der Waals surface area contributed by atoms with Crippen LogP contribution in [0.15, 0.2) is 36.5 Å². The summed E-state index contributed by atoms with van der Waals surface area (Å²) in [6, 6.07) is 8.37. The van der Waals surface area contributed by atoms with E-state index in [2.05, 4.69) is 31.2 Å². The van der Waals surface area contributed by atoms with Crippen LogP contribution in [-0.2, 0) is 11.2 Å². The quantitative estimate of drug-likeness (QED) is 0.742. The molecule has 18 heavy (non-hydrogen) atoms. The molecule has 0 aliphatic rings. The normalized spacial score (nSPS) is 11.8. The molecule has 98 valence electrons. The Morgan fingerprint density at radius 1 is 1.22 bits per heavy atom. The van der Waals surface area contributed by atoms with Crippen LogP contribution in [0.5, 0.6) is 0 Å². The number of allylic oxidation sites excluding steroid dienone is 1. The summed E-state index contributed by atoms with van der Waals surface area (Å²) in [5, 5.41) is 0. The predicted molar refractivity (Wildman–Crippen MR) is 76.5 cm³/mol. The van der Waals surface area contributed by atoms with Crippen LogP contribution in [0.2, 0.25) is 0 Å². The first kappa shape index (κ1) is 14.5. The van der Waals surface area contributed by atoms with Gasteiger partial charge in [0.05, 0.1) is 0 Å². The second-order valence-corrected chi connectivity index (χ2v) is 5.69. The lowest BCUT2D eigenvalue weighted by molar-refractivity contribution is -0.122. The van der Waals surface area contributed by atoms with Gasteiger partial charge in [-0.25, -0.2) is 0 Å². The van der Waals surface area contributed by atoms with Crippen molar-refractivity contribution in [3.63, 3.8) is 0 Å². The molecule has 0 aromatic heterocycles. The molecule has 0 bridgehead atoms. The van der Waals surface area contributed by atoms with Crippen molar-refractivity contribution in [2.24, 2.45) is 5.41 Å². The van der Waals surface area contributed by atoms with Gasteiger partial charge in [0.2, 0.25) is 0 Å². The molecule has 0 amide bonds. The van der Waals surface area contributed by atoms with Gasteiger partial charge in [0.1, 0.15) is 0 Å².